The van der Waals surface area contributed by atoms with Crippen molar-refractivity contribution >= 4 is 46.3 Å². The fourth-order valence-corrected chi connectivity index (χ4v) is 1.96. The van der Waals surface area contributed by atoms with Gasteiger partial charge in [-0.05, 0) is 34.7 Å². The number of benzene rings is 1. The predicted octanol–water partition coefficient (Wildman–Crippen LogP) is 3.54. The zero-order valence-corrected chi connectivity index (χ0v) is 11.1. The Morgan fingerprint density at radius 3 is 2.41 bits per heavy atom. The summed E-state index contributed by atoms with van der Waals surface area (Å²) in [6.45, 7) is 0. The fraction of sp³-hybridized carbons (Fsp3) is 0.200. The summed E-state index contributed by atoms with van der Waals surface area (Å²) in [7, 11) is 0. The van der Waals surface area contributed by atoms with Gasteiger partial charge < -0.3 is 0 Å². The van der Waals surface area contributed by atoms with Crippen LogP contribution in [0, 0.1) is 3.57 Å². The molecule has 2 nitrogen and oxygen atoms in total. The third-order valence-corrected chi connectivity index (χ3v) is 3.17. The Hall–Kier alpha value is -0.630. The molecule has 0 atom stereocenters. The Labute approximate surface area is 113 Å². The smallest absolute Gasteiger partial charge is 0.298 e. The minimum absolute atomic E-state index is 0.107. The average molecular weight is 376 g/mol. The zero-order valence-electron chi connectivity index (χ0n) is 8.15. The number of hydrogen-bond donors (Lipinski definition) is 0. The minimum Gasteiger partial charge on any atom is -0.298 e. The van der Waals surface area contributed by atoms with Crippen LogP contribution in [0.15, 0.2) is 12.1 Å². The minimum atomic E-state index is -4.70. The molecule has 1 aromatic rings. The normalized spacial score (nSPS) is 11.4. The van der Waals surface area contributed by atoms with Crippen molar-refractivity contribution in [3.8, 4) is 0 Å². The Morgan fingerprint density at radius 2 is 2.00 bits per heavy atom. The van der Waals surface area contributed by atoms with Gasteiger partial charge in [0.25, 0.3) is 0 Å². The molecule has 0 saturated heterocycles. The first kappa shape index (κ1) is 14.4. The molecule has 17 heavy (non-hydrogen) atoms. The third kappa shape index (κ3) is 3.19. The van der Waals surface area contributed by atoms with Crippen LogP contribution in [0.3, 0.4) is 0 Å². The first-order chi connectivity index (χ1) is 7.81. The molecule has 1 rings (SSSR count). The summed E-state index contributed by atoms with van der Waals surface area (Å²) in [5, 5.41) is 0. The van der Waals surface area contributed by atoms with Gasteiger partial charge in [-0.15, -0.1) is 11.6 Å². The van der Waals surface area contributed by atoms with Crippen LogP contribution in [0.4, 0.5) is 13.2 Å². The molecular formula is C10H5ClF3IO2. The summed E-state index contributed by atoms with van der Waals surface area (Å²) >= 11 is 6.93. The van der Waals surface area contributed by atoms with Gasteiger partial charge in [0.15, 0.2) is 12.1 Å². The van der Waals surface area contributed by atoms with Gasteiger partial charge in [0, 0.05) is 14.7 Å². The molecule has 92 valence electrons. The maximum absolute atomic E-state index is 12.7. The molecule has 0 spiro atoms. The molecule has 0 N–H and O–H groups in total. The first-order valence-corrected chi connectivity index (χ1v) is 5.87. The quantitative estimate of drug-likeness (QED) is 0.350. The van der Waals surface area contributed by atoms with Gasteiger partial charge in [-0.1, -0.05) is 0 Å². The monoisotopic (exact) mass is 376 g/mol. The highest BCUT2D eigenvalue weighted by atomic mass is 127. The molecule has 0 amide bonds. The van der Waals surface area contributed by atoms with Gasteiger partial charge in [0.1, 0.15) is 0 Å². The van der Waals surface area contributed by atoms with Gasteiger partial charge in [-0.25, -0.2) is 0 Å². The second-order valence-electron chi connectivity index (χ2n) is 3.09. The van der Waals surface area contributed by atoms with Crippen molar-refractivity contribution in [2.24, 2.45) is 0 Å². The van der Waals surface area contributed by atoms with Crippen LogP contribution < -0.4 is 0 Å². The van der Waals surface area contributed by atoms with Crippen LogP contribution in [0.5, 0.6) is 0 Å². The van der Waals surface area contributed by atoms with Crippen LogP contribution in [0.2, 0.25) is 0 Å². The van der Waals surface area contributed by atoms with E-state index in [2.05, 4.69) is 0 Å². The summed E-state index contributed by atoms with van der Waals surface area (Å²) in [6.07, 6.45) is -4.38. The van der Waals surface area contributed by atoms with Crippen LogP contribution in [0.25, 0.3) is 0 Å². The largest absolute Gasteiger partial charge is 0.417 e. The number of alkyl halides is 4. The van der Waals surface area contributed by atoms with Crippen molar-refractivity contribution in [2.45, 2.75) is 6.18 Å². The second kappa shape index (κ2) is 5.34. The zero-order chi connectivity index (χ0) is 13.2. The van der Waals surface area contributed by atoms with E-state index in [1.165, 1.54) is 0 Å². The molecule has 7 heteroatoms. The van der Waals surface area contributed by atoms with Crippen molar-refractivity contribution < 1.29 is 22.8 Å². The lowest BCUT2D eigenvalue weighted by Crippen LogP contribution is -2.15. The van der Waals surface area contributed by atoms with E-state index in [-0.39, 0.29) is 9.13 Å². The molecule has 0 aliphatic rings. The van der Waals surface area contributed by atoms with Gasteiger partial charge in [0.2, 0.25) is 0 Å². The molecule has 0 aliphatic heterocycles. The number of hydrogen-bond acceptors (Lipinski definition) is 2. The lowest BCUT2D eigenvalue weighted by molar-refractivity contribution is -0.137. The van der Waals surface area contributed by atoms with E-state index in [0.29, 0.717) is 12.4 Å². The van der Waals surface area contributed by atoms with Gasteiger partial charge >= 0.3 is 6.18 Å². The molecule has 0 saturated carbocycles. The molecule has 0 unspecified atom stereocenters. The molecule has 0 aliphatic carbocycles. The Balaban J connectivity index is 3.52. The van der Waals surface area contributed by atoms with E-state index in [0.717, 1.165) is 6.07 Å². The van der Waals surface area contributed by atoms with Crippen molar-refractivity contribution in [1.29, 1.82) is 0 Å². The number of ketones is 1. The van der Waals surface area contributed by atoms with Gasteiger partial charge in [-0.2, -0.15) is 13.2 Å². The average Bonchev–Trinajstić information content (AvgIpc) is 2.26. The molecule has 0 heterocycles. The highest BCUT2D eigenvalue weighted by Crippen LogP contribution is 2.34. The van der Waals surface area contributed by atoms with Crippen LogP contribution >= 0.6 is 34.2 Å². The summed E-state index contributed by atoms with van der Waals surface area (Å²) in [5.74, 6) is -1.37. The molecular weight excluding hydrogens is 371 g/mol. The topological polar surface area (TPSA) is 34.1 Å². The number of aldehydes is 1. The number of carbonyl (C=O) groups excluding carboxylic acids is 2. The highest BCUT2D eigenvalue weighted by molar-refractivity contribution is 14.1. The van der Waals surface area contributed by atoms with Gasteiger partial charge in [0.05, 0.1) is 11.4 Å². The predicted molar refractivity (Wildman–Crippen MR) is 64.6 cm³/mol. The van der Waals surface area contributed by atoms with Crippen molar-refractivity contribution in [3.05, 3.63) is 32.4 Å². The van der Waals surface area contributed by atoms with E-state index in [9.17, 15) is 22.8 Å². The number of halogens is 5. The van der Waals surface area contributed by atoms with Crippen molar-refractivity contribution in [3.63, 3.8) is 0 Å². The van der Waals surface area contributed by atoms with E-state index in [1.807, 2.05) is 0 Å². The Morgan fingerprint density at radius 1 is 1.41 bits per heavy atom. The molecule has 0 bridgehead atoms. The summed E-state index contributed by atoms with van der Waals surface area (Å²) < 4.78 is 38.3. The number of carbonyl (C=O) groups is 2. The van der Waals surface area contributed by atoms with Crippen LogP contribution in [0.1, 0.15) is 26.3 Å². The maximum Gasteiger partial charge on any atom is 0.417 e. The first-order valence-electron chi connectivity index (χ1n) is 4.26. The lowest BCUT2D eigenvalue weighted by Gasteiger charge is -2.13. The Bertz CT molecular complexity index is 471. The molecule has 0 fully saturated rings. The molecule has 0 radical (unpaired) electrons. The molecule has 0 aromatic heterocycles. The fourth-order valence-electron chi connectivity index (χ4n) is 1.22. The summed E-state index contributed by atoms with van der Waals surface area (Å²) in [4.78, 5) is 21.9. The number of Topliss-reactive ketones (excluding diaryl/α,β-unsaturated/α-hetero) is 1. The Kier molecular flexibility index (Phi) is 4.54. The lowest BCUT2D eigenvalue weighted by atomic mass is 10.0. The maximum atomic E-state index is 12.7. The highest BCUT2D eigenvalue weighted by Gasteiger charge is 2.35. The van der Waals surface area contributed by atoms with E-state index in [1.54, 1.807) is 22.6 Å². The second-order valence-corrected chi connectivity index (χ2v) is 4.52. The van der Waals surface area contributed by atoms with E-state index in [4.69, 9.17) is 11.6 Å². The molecule has 1 aromatic carbocycles. The number of rotatable bonds is 3. The van der Waals surface area contributed by atoms with E-state index >= 15 is 0 Å². The van der Waals surface area contributed by atoms with Crippen LogP contribution in [-0.4, -0.2) is 17.9 Å². The standard InChI is InChI=1S/C10H5ClF3IO2/c11-3-9(17)6-2-8(15)5(4-16)1-7(6)10(12,13)14/h1-2,4H,3H2. The van der Waals surface area contributed by atoms with Crippen LogP contribution in [-0.2, 0) is 6.18 Å². The summed E-state index contributed by atoms with van der Waals surface area (Å²) in [5.41, 5.74) is -1.75. The van der Waals surface area contributed by atoms with E-state index < -0.39 is 29.0 Å². The SMILES string of the molecule is O=Cc1cc(C(F)(F)F)c(C(=O)CCl)cc1I. The van der Waals surface area contributed by atoms with Crippen molar-refractivity contribution in [1.82, 2.24) is 0 Å². The van der Waals surface area contributed by atoms with Gasteiger partial charge in [-0.3, -0.25) is 9.59 Å². The van der Waals surface area contributed by atoms with Crippen molar-refractivity contribution in [2.75, 3.05) is 5.88 Å². The third-order valence-electron chi connectivity index (χ3n) is 1.99. The summed E-state index contributed by atoms with van der Waals surface area (Å²) in [6, 6.07) is 1.69.